The van der Waals surface area contributed by atoms with Crippen LogP contribution in [-0.2, 0) is 10.0 Å². The number of aryl methyl sites for hydroxylation is 2. The molecule has 3 atom stereocenters. The van der Waals surface area contributed by atoms with Crippen LogP contribution in [0.1, 0.15) is 40.6 Å². The van der Waals surface area contributed by atoms with Crippen LogP contribution in [0, 0.1) is 19.8 Å². The van der Waals surface area contributed by atoms with Crippen molar-refractivity contribution in [2.24, 2.45) is 5.92 Å². The van der Waals surface area contributed by atoms with E-state index >= 15 is 0 Å². The first kappa shape index (κ1) is 23.0. The third kappa shape index (κ3) is 4.12. The molecular formula is C27H27BrN2O3S. The van der Waals surface area contributed by atoms with Crippen molar-refractivity contribution in [1.82, 2.24) is 0 Å². The zero-order valence-electron chi connectivity index (χ0n) is 19.3. The van der Waals surface area contributed by atoms with E-state index in [1.54, 1.807) is 13.2 Å². The summed E-state index contributed by atoms with van der Waals surface area (Å²) in [7, 11) is -2.03. The number of ether oxygens (including phenoxy) is 1. The van der Waals surface area contributed by atoms with E-state index in [1.165, 1.54) is 0 Å². The number of hydrogen-bond acceptors (Lipinski definition) is 4. The normalized spacial score (nSPS) is 20.9. The lowest BCUT2D eigenvalue weighted by molar-refractivity contribution is 0.381. The zero-order valence-corrected chi connectivity index (χ0v) is 21.7. The van der Waals surface area contributed by atoms with Crippen molar-refractivity contribution >= 4 is 37.3 Å². The van der Waals surface area contributed by atoms with Crippen LogP contribution in [0.2, 0.25) is 0 Å². The van der Waals surface area contributed by atoms with Crippen molar-refractivity contribution in [1.29, 1.82) is 0 Å². The second-order valence-corrected chi connectivity index (χ2v) is 11.6. The van der Waals surface area contributed by atoms with Gasteiger partial charge in [-0.05, 0) is 79.8 Å². The molecule has 3 aromatic rings. The second-order valence-electron chi connectivity index (χ2n) is 9.03. The topological polar surface area (TPSA) is 67.4 Å². The van der Waals surface area contributed by atoms with Crippen molar-refractivity contribution in [2.45, 2.75) is 37.1 Å². The lowest BCUT2D eigenvalue weighted by Gasteiger charge is -2.38. The zero-order chi connectivity index (χ0) is 24.0. The molecule has 1 aliphatic carbocycles. The maximum absolute atomic E-state index is 13.3. The summed E-state index contributed by atoms with van der Waals surface area (Å²) in [6.07, 6.45) is 5.31. The molecule has 3 aromatic carbocycles. The molecule has 0 radical (unpaired) electrons. The number of allylic oxidation sites excluding steroid dienone is 2. The predicted molar refractivity (Wildman–Crippen MR) is 140 cm³/mol. The summed E-state index contributed by atoms with van der Waals surface area (Å²) < 4.78 is 35.9. The van der Waals surface area contributed by atoms with Gasteiger partial charge in [0.05, 0.1) is 23.7 Å². The molecule has 2 N–H and O–H groups in total. The van der Waals surface area contributed by atoms with Gasteiger partial charge in [-0.2, -0.15) is 0 Å². The Balaban J connectivity index is 1.51. The van der Waals surface area contributed by atoms with Gasteiger partial charge in [-0.15, -0.1) is 0 Å². The van der Waals surface area contributed by atoms with Gasteiger partial charge in [0, 0.05) is 21.6 Å². The Kier molecular flexibility index (Phi) is 5.94. The minimum Gasteiger partial charge on any atom is -0.496 e. The van der Waals surface area contributed by atoms with Gasteiger partial charge in [-0.1, -0.05) is 45.8 Å². The van der Waals surface area contributed by atoms with Gasteiger partial charge in [0.2, 0.25) is 0 Å². The number of sulfonamides is 1. The van der Waals surface area contributed by atoms with Crippen molar-refractivity contribution in [3.8, 4) is 5.75 Å². The molecule has 34 heavy (non-hydrogen) atoms. The summed E-state index contributed by atoms with van der Waals surface area (Å²) in [6.45, 7) is 3.90. The van der Waals surface area contributed by atoms with E-state index in [0.29, 0.717) is 5.69 Å². The molecular weight excluding hydrogens is 512 g/mol. The number of halogens is 1. The molecule has 7 heteroatoms. The van der Waals surface area contributed by atoms with Crippen LogP contribution in [0.5, 0.6) is 5.75 Å². The fourth-order valence-corrected chi connectivity index (χ4v) is 6.67. The maximum atomic E-state index is 13.3. The van der Waals surface area contributed by atoms with Crippen LogP contribution in [0.3, 0.4) is 0 Å². The van der Waals surface area contributed by atoms with Gasteiger partial charge >= 0.3 is 0 Å². The summed E-state index contributed by atoms with van der Waals surface area (Å²) in [6, 6.07) is 17.2. The molecule has 0 aromatic heterocycles. The summed E-state index contributed by atoms with van der Waals surface area (Å²) in [5, 5.41) is 3.67. The second kappa shape index (κ2) is 8.78. The van der Waals surface area contributed by atoms with Crippen LogP contribution >= 0.6 is 15.9 Å². The lowest BCUT2D eigenvalue weighted by Crippen LogP contribution is -2.29. The number of fused-ring (bicyclic) bond motifs is 3. The highest BCUT2D eigenvalue weighted by Crippen LogP contribution is 2.51. The molecule has 5 rings (SSSR count). The van der Waals surface area contributed by atoms with Crippen LogP contribution < -0.4 is 14.8 Å². The first-order valence-electron chi connectivity index (χ1n) is 11.3. The van der Waals surface area contributed by atoms with Crippen LogP contribution in [0.4, 0.5) is 11.4 Å². The van der Waals surface area contributed by atoms with Crippen molar-refractivity contribution in [3.63, 3.8) is 0 Å². The summed E-state index contributed by atoms with van der Waals surface area (Å²) >= 11 is 3.59. The Morgan fingerprint density at radius 3 is 2.62 bits per heavy atom. The number of nitrogens with one attached hydrogen (secondary N) is 2. The summed E-state index contributed by atoms with van der Waals surface area (Å²) in [5.74, 6) is 1.23. The average Bonchev–Trinajstić information content (AvgIpc) is 3.30. The largest absolute Gasteiger partial charge is 0.496 e. The third-order valence-electron chi connectivity index (χ3n) is 6.80. The van der Waals surface area contributed by atoms with Crippen LogP contribution in [-0.4, -0.2) is 15.5 Å². The fourth-order valence-electron chi connectivity index (χ4n) is 5.13. The Morgan fingerprint density at radius 2 is 1.85 bits per heavy atom. The molecule has 0 unspecified atom stereocenters. The Morgan fingerprint density at radius 1 is 1.03 bits per heavy atom. The molecule has 0 fully saturated rings. The molecule has 0 bridgehead atoms. The SMILES string of the molecule is COc1ccc(Br)cc1[C@H]1Nc2ccc(S(=O)(=O)Nc3ccc(C)cc3C)cc2[C@H]2C=CC[C@H]21. The van der Waals surface area contributed by atoms with E-state index in [2.05, 4.69) is 44.2 Å². The maximum Gasteiger partial charge on any atom is 0.261 e. The highest BCUT2D eigenvalue weighted by molar-refractivity contribution is 9.10. The van der Waals surface area contributed by atoms with E-state index in [0.717, 1.165) is 44.6 Å². The lowest BCUT2D eigenvalue weighted by atomic mass is 9.77. The van der Waals surface area contributed by atoms with Crippen LogP contribution in [0.15, 0.2) is 76.1 Å². The molecule has 0 saturated carbocycles. The number of anilines is 2. The Hall–Kier alpha value is -2.77. The van der Waals surface area contributed by atoms with Gasteiger partial charge in [-0.25, -0.2) is 8.42 Å². The standard InChI is InChI=1S/C27H27BrN2O3S/c1-16-7-10-24(17(2)13-16)30-34(31,32)19-9-11-25-22(15-19)20-5-4-6-21(20)27(29-25)23-14-18(28)8-12-26(23)33-3/h4-5,7-15,20-21,27,29-30H,6H2,1-3H3/t20-,21+,27-/m0/s1. The molecule has 0 amide bonds. The molecule has 2 aliphatic rings. The van der Waals surface area contributed by atoms with Gasteiger partial charge in [-0.3, -0.25) is 4.72 Å². The highest BCUT2D eigenvalue weighted by Gasteiger charge is 2.39. The third-order valence-corrected chi connectivity index (χ3v) is 8.65. The van der Waals surface area contributed by atoms with E-state index in [4.69, 9.17) is 4.74 Å². The van der Waals surface area contributed by atoms with Crippen molar-refractivity contribution in [2.75, 3.05) is 17.1 Å². The fraction of sp³-hybridized carbons (Fsp3) is 0.259. The first-order valence-corrected chi connectivity index (χ1v) is 13.5. The number of hydrogen-bond donors (Lipinski definition) is 2. The predicted octanol–water partition coefficient (Wildman–Crippen LogP) is 6.70. The average molecular weight is 539 g/mol. The number of methoxy groups -OCH3 is 1. The van der Waals surface area contributed by atoms with Gasteiger partial charge in [0.25, 0.3) is 10.0 Å². The Bertz CT molecular complexity index is 1400. The molecule has 0 spiro atoms. The van der Waals surface area contributed by atoms with Crippen molar-refractivity contribution < 1.29 is 13.2 Å². The molecule has 1 aliphatic heterocycles. The summed E-state index contributed by atoms with van der Waals surface area (Å²) in [5.41, 5.74) is 5.64. The Labute approximate surface area is 209 Å². The molecule has 176 valence electrons. The number of benzene rings is 3. The van der Waals surface area contributed by atoms with Gasteiger partial charge < -0.3 is 10.1 Å². The minimum atomic E-state index is -3.72. The first-order chi connectivity index (χ1) is 16.3. The monoisotopic (exact) mass is 538 g/mol. The molecule has 5 nitrogen and oxygen atoms in total. The van der Waals surface area contributed by atoms with Crippen LogP contribution in [0.25, 0.3) is 0 Å². The minimum absolute atomic E-state index is 0.0516. The van der Waals surface area contributed by atoms with E-state index in [1.807, 2.05) is 56.3 Å². The molecule has 1 heterocycles. The number of rotatable bonds is 5. The highest BCUT2D eigenvalue weighted by atomic mass is 79.9. The van der Waals surface area contributed by atoms with Gasteiger partial charge in [0.15, 0.2) is 0 Å². The smallest absolute Gasteiger partial charge is 0.261 e. The van der Waals surface area contributed by atoms with E-state index in [9.17, 15) is 8.42 Å². The van der Waals surface area contributed by atoms with Crippen molar-refractivity contribution in [3.05, 3.63) is 93.5 Å². The summed E-state index contributed by atoms with van der Waals surface area (Å²) in [4.78, 5) is 0.269. The molecule has 0 saturated heterocycles. The quantitative estimate of drug-likeness (QED) is 0.354. The van der Waals surface area contributed by atoms with E-state index in [-0.39, 0.29) is 22.8 Å². The van der Waals surface area contributed by atoms with Gasteiger partial charge in [0.1, 0.15) is 5.75 Å². The van der Waals surface area contributed by atoms with E-state index < -0.39 is 10.0 Å².